The van der Waals surface area contributed by atoms with Crippen LogP contribution in [0.4, 0.5) is 21.7 Å². The van der Waals surface area contributed by atoms with Crippen molar-refractivity contribution in [2.24, 2.45) is 0 Å². The summed E-state index contributed by atoms with van der Waals surface area (Å²) in [5.74, 6) is -2.12. The van der Waals surface area contributed by atoms with Crippen molar-refractivity contribution < 1.29 is 14.0 Å². The first-order chi connectivity index (χ1) is 17.0. The molecule has 0 saturated heterocycles. The van der Waals surface area contributed by atoms with Crippen molar-refractivity contribution in [2.75, 3.05) is 16.6 Å². The largest absolute Gasteiger partial charge is 0.393 e. The van der Waals surface area contributed by atoms with Crippen molar-refractivity contribution in [3.63, 3.8) is 0 Å². The maximum atomic E-state index is 13.8. The zero-order valence-electron chi connectivity index (χ0n) is 18.4. The Labute approximate surface area is 200 Å². The van der Waals surface area contributed by atoms with E-state index in [4.69, 9.17) is 5.73 Å². The number of aromatic nitrogens is 2. The molecular weight excluding hydrogens is 449 g/mol. The lowest BCUT2D eigenvalue weighted by Gasteiger charge is -2.19. The Hall–Kier alpha value is -4.99. The third kappa shape index (κ3) is 5.50. The van der Waals surface area contributed by atoms with Gasteiger partial charge in [-0.3, -0.25) is 31.3 Å². The fourth-order valence-corrected chi connectivity index (χ4v) is 3.40. The molecule has 9 nitrogen and oxygen atoms in total. The van der Waals surface area contributed by atoms with Crippen LogP contribution in [0.5, 0.6) is 0 Å². The van der Waals surface area contributed by atoms with Crippen LogP contribution >= 0.6 is 0 Å². The first-order valence-corrected chi connectivity index (χ1v) is 10.6. The summed E-state index contributed by atoms with van der Waals surface area (Å²) < 4.78 is 13.8. The first kappa shape index (κ1) is 23.2. The summed E-state index contributed by atoms with van der Waals surface area (Å²) >= 11 is 0. The molecule has 0 unspecified atom stereocenters. The van der Waals surface area contributed by atoms with Gasteiger partial charge in [0.1, 0.15) is 17.8 Å². The van der Waals surface area contributed by atoms with Gasteiger partial charge in [-0.25, -0.2) is 14.4 Å². The molecule has 2 amide bonds. The second kappa shape index (κ2) is 10.8. The van der Waals surface area contributed by atoms with Crippen LogP contribution in [0, 0.1) is 5.82 Å². The Morgan fingerprint density at radius 1 is 0.743 bits per heavy atom. The standard InChI is InChI=1S/C25H22FN7O2/c26-19-14-8-7-13-18(19)24(34)32-30-22-21(27)23(29-15-28-22)31-33-25(35)20(16-9-3-1-4-10-16)17-11-5-2-6-12-17/h1-15,20H,27H2,(H,32,34)(H,33,35)(H2,28,29,30,31). The van der Waals surface area contributed by atoms with Gasteiger partial charge < -0.3 is 5.73 Å². The lowest BCUT2D eigenvalue weighted by atomic mass is 9.91. The number of nitrogens with two attached hydrogens (primary N) is 1. The molecule has 1 heterocycles. The second-order valence-electron chi connectivity index (χ2n) is 7.41. The molecular formula is C25H22FN7O2. The summed E-state index contributed by atoms with van der Waals surface area (Å²) in [6, 6.07) is 24.2. The van der Waals surface area contributed by atoms with Crippen molar-refractivity contribution in [1.29, 1.82) is 0 Å². The van der Waals surface area contributed by atoms with Crippen LogP contribution in [0.1, 0.15) is 27.4 Å². The summed E-state index contributed by atoms with van der Waals surface area (Å²) in [5, 5.41) is 0. The number of nitrogen functional groups attached to an aromatic ring is 1. The smallest absolute Gasteiger partial charge is 0.272 e. The molecule has 0 fully saturated rings. The summed E-state index contributed by atoms with van der Waals surface area (Å²) in [5.41, 5.74) is 17.8. The minimum Gasteiger partial charge on any atom is -0.393 e. The maximum Gasteiger partial charge on any atom is 0.272 e. The molecule has 0 radical (unpaired) electrons. The van der Waals surface area contributed by atoms with Crippen LogP contribution in [-0.4, -0.2) is 21.8 Å². The number of amides is 2. The lowest BCUT2D eigenvalue weighted by molar-refractivity contribution is -0.121. The molecule has 4 aromatic rings. The van der Waals surface area contributed by atoms with E-state index in [-0.39, 0.29) is 28.8 Å². The monoisotopic (exact) mass is 471 g/mol. The van der Waals surface area contributed by atoms with Crippen LogP contribution in [0.25, 0.3) is 0 Å². The number of benzene rings is 3. The molecule has 0 saturated carbocycles. The number of hydrazine groups is 2. The molecule has 3 aromatic carbocycles. The highest BCUT2D eigenvalue weighted by atomic mass is 19.1. The number of carbonyl (C=O) groups is 2. The Kier molecular flexibility index (Phi) is 7.12. The van der Waals surface area contributed by atoms with Crippen LogP contribution in [0.2, 0.25) is 0 Å². The SMILES string of the molecule is Nc1c(NNC(=O)c2ccccc2F)ncnc1NNC(=O)C(c1ccccc1)c1ccccc1. The van der Waals surface area contributed by atoms with Crippen molar-refractivity contribution in [1.82, 2.24) is 20.8 Å². The fourth-order valence-electron chi connectivity index (χ4n) is 3.40. The van der Waals surface area contributed by atoms with E-state index < -0.39 is 17.6 Å². The first-order valence-electron chi connectivity index (χ1n) is 10.6. The van der Waals surface area contributed by atoms with Gasteiger partial charge in [-0.15, -0.1) is 0 Å². The second-order valence-corrected chi connectivity index (χ2v) is 7.41. The number of carbonyl (C=O) groups excluding carboxylic acids is 2. The predicted molar refractivity (Wildman–Crippen MR) is 130 cm³/mol. The van der Waals surface area contributed by atoms with E-state index in [1.165, 1.54) is 24.5 Å². The highest BCUT2D eigenvalue weighted by molar-refractivity contribution is 5.95. The summed E-state index contributed by atoms with van der Waals surface area (Å²) in [6.45, 7) is 0. The fraction of sp³-hybridized carbons (Fsp3) is 0.0400. The van der Waals surface area contributed by atoms with Crippen LogP contribution in [-0.2, 0) is 4.79 Å². The van der Waals surface area contributed by atoms with Crippen molar-refractivity contribution >= 4 is 29.1 Å². The van der Waals surface area contributed by atoms with Gasteiger partial charge in [0, 0.05) is 0 Å². The van der Waals surface area contributed by atoms with Gasteiger partial charge in [0.25, 0.3) is 5.91 Å². The molecule has 35 heavy (non-hydrogen) atoms. The minimum absolute atomic E-state index is 0.0256. The average molecular weight is 471 g/mol. The molecule has 6 N–H and O–H groups in total. The topological polar surface area (TPSA) is 134 Å². The van der Waals surface area contributed by atoms with Gasteiger partial charge in [0.05, 0.1) is 11.5 Å². The van der Waals surface area contributed by atoms with E-state index in [0.29, 0.717) is 0 Å². The summed E-state index contributed by atoms with van der Waals surface area (Å²) in [6.07, 6.45) is 1.19. The van der Waals surface area contributed by atoms with Crippen LogP contribution in [0.3, 0.4) is 0 Å². The number of hydrogen-bond donors (Lipinski definition) is 5. The number of nitrogens with zero attached hydrogens (tertiary/aromatic N) is 2. The zero-order chi connectivity index (χ0) is 24.6. The Morgan fingerprint density at radius 2 is 1.26 bits per heavy atom. The third-order valence-electron chi connectivity index (χ3n) is 5.13. The van der Waals surface area contributed by atoms with E-state index in [2.05, 4.69) is 31.7 Å². The average Bonchev–Trinajstić information content (AvgIpc) is 2.89. The van der Waals surface area contributed by atoms with Gasteiger partial charge >= 0.3 is 0 Å². The third-order valence-corrected chi connectivity index (χ3v) is 5.13. The highest BCUT2D eigenvalue weighted by Gasteiger charge is 2.23. The maximum absolute atomic E-state index is 13.8. The number of nitrogens with one attached hydrogen (secondary N) is 4. The highest BCUT2D eigenvalue weighted by Crippen LogP contribution is 2.25. The Morgan fingerprint density at radius 3 is 1.83 bits per heavy atom. The van der Waals surface area contributed by atoms with E-state index in [1.54, 1.807) is 6.07 Å². The van der Waals surface area contributed by atoms with Crippen LogP contribution in [0.15, 0.2) is 91.3 Å². The van der Waals surface area contributed by atoms with E-state index in [9.17, 15) is 14.0 Å². The Bertz CT molecular complexity index is 1280. The number of halogens is 1. The van der Waals surface area contributed by atoms with E-state index >= 15 is 0 Å². The van der Waals surface area contributed by atoms with Crippen molar-refractivity contribution in [3.8, 4) is 0 Å². The molecule has 0 aliphatic carbocycles. The molecule has 4 rings (SSSR count). The molecule has 0 aliphatic heterocycles. The summed E-state index contributed by atoms with van der Waals surface area (Å²) in [7, 11) is 0. The minimum atomic E-state index is -0.711. The van der Waals surface area contributed by atoms with Gasteiger partial charge in [-0.05, 0) is 23.3 Å². The summed E-state index contributed by atoms with van der Waals surface area (Å²) in [4.78, 5) is 33.4. The molecule has 10 heteroatoms. The van der Waals surface area contributed by atoms with Crippen molar-refractivity contribution in [3.05, 3.63) is 114 Å². The van der Waals surface area contributed by atoms with E-state index in [0.717, 1.165) is 11.1 Å². The zero-order valence-corrected chi connectivity index (χ0v) is 18.4. The molecule has 0 atom stereocenters. The Balaban J connectivity index is 1.45. The molecule has 0 spiro atoms. The lowest BCUT2D eigenvalue weighted by Crippen LogP contribution is -2.35. The number of hydrogen-bond acceptors (Lipinski definition) is 7. The van der Waals surface area contributed by atoms with Gasteiger partial charge in [0.2, 0.25) is 5.91 Å². The van der Waals surface area contributed by atoms with Gasteiger partial charge in [-0.2, -0.15) is 0 Å². The number of anilines is 3. The number of rotatable bonds is 8. The van der Waals surface area contributed by atoms with Crippen molar-refractivity contribution in [2.45, 2.75) is 5.92 Å². The van der Waals surface area contributed by atoms with E-state index in [1.807, 2.05) is 60.7 Å². The molecule has 176 valence electrons. The molecule has 0 bridgehead atoms. The normalized spacial score (nSPS) is 10.5. The van der Waals surface area contributed by atoms with Crippen LogP contribution < -0.4 is 27.4 Å². The predicted octanol–water partition coefficient (Wildman–Crippen LogP) is 3.23. The van der Waals surface area contributed by atoms with Gasteiger partial charge in [-0.1, -0.05) is 72.8 Å². The van der Waals surface area contributed by atoms with Gasteiger partial charge in [0.15, 0.2) is 11.6 Å². The molecule has 0 aliphatic rings. The quantitative estimate of drug-likeness (QED) is 0.249. The molecule has 1 aromatic heterocycles.